The zero-order valence-electron chi connectivity index (χ0n) is 20.9. The molecule has 1 aliphatic heterocycles. The van der Waals surface area contributed by atoms with Gasteiger partial charge in [-0.15, -0.1) is 0 Å². The molecule has 1 amide bonds. The molecule has 1 aromatic carbocycles. The first kappa shape index (κ1) is 10.5. The highest BCUT2D eigenvalue weighted by Crippen LogP contribution is 2.43. The number of hydrogen-bond donors (Lipinski definition) is 1. The van der Waals surface area contributed by atoms with Gasteiger partial charge in [-0.1, -0.05) is 18.2 Å². The molecule has 0 unspecified atom stereocenters. The minimum Gasteiger partial charge on any atom is -0.349 e. The van der Waals surface area contributed by atoms with E-state index in [4.69, 9.17) is 9.60 Å². The summed E-state index contributed by atoms with van der Waals surface area (Å²) in [5.74, 6) is -1.16. The molecule has 0 saturated heterocycles. The van der Waals surface area contributed by atoms with Crippen LogP contribution in [-0.2, 0) is 11.2 Å². The van der Waals surface area contributed by atoms with E-state index >= 15 is 0 Å². The van der Waals surface area contributed by atoms with E-state index in [1.165, 1.54) is 0 Å². The number of benzene rings is 1. The van der Waals surface area contributed by atoms with Crippen molar-refractivity contribution in [3.05, 3.63) is 40.0 Å². The quantitative estimate of drug-likeness (QED) is 0.841. The summed E-state index contributed by atoms with van der Waals surface area (Å²) < 4.78 is 54.4. The van der Waals surface area contributed by atoms with Crippen LogP contribution >= 0.6 is 15.9 Å². The summed E-state index contributed by atoms with van der Waals surface area (Å²) in [5, 5.41) is 0.954. The van der Waals surface area contributed by atoms with Gasteiger partial charge in [0.1, 0.15) is 0 Å². The van der Waals surface area contributed by atoms with E-state index in [0.717, 1.165) is 37.1 Å². The van der Waals surface area contributed by atoms with Gasteiger partial charge in [-0.2, -0.15) is 0 Å². The minimum atomic E-state index is -2.45. The lowest BCUT2D eigenvalue weighted by atomic mass is 9.79. The largest absolute Gasteiger partial charge is 0.349 e. The van der Waals surface area contributed by atoms with Gasteiger partial charge in [-0.05, 0) is 65.8 Å². The first-order chi connectivity index (χ1) is 14.7. The van der Waals surface area contributed by atoms with Crippen molar-refractivity contribution in [3.63, 3.8) is 0 Å². The number of H-pyrrole nitrogens is 1. The number of aromatic amines is 1. The number of hydrogen-bond acceptors (Lipinski definition) is 2. The van der Waals surface area contributed by atoms with Gasteiger partial charge in [-0.3, -0.25) is 9.69 Å². The van der Waals surface area contributed by atoms with Gasteiger partial charge in [0, 0.05) is 44.8 Å². The molecule has 1 aliphatic carbocycles. The maximum absolute atomic E-state index is 13.3. The van der Waals surface area contributed by atoms with Crippen LogP contribution in [0.2, 0.25) is 0 Å². The van der Waals surface area contributed by atoms with Crippen LogP contribution < -0.4 is 0 Å². The summed E-state index contributed by atoms with van der Waals surface area (Å²) in [4.78, 5) is 19.6. The third kappa shape index (κ3) is 2.56. The van der Waals surface area contributed by atoms with Crippen LogP contribution in [0, 0.1) is 5.92 Å². The summed E-state index contributed by atoms with van der Waals surface area (Å²) in [6, 6.07) is 4.01. The topological polar surface area (TPSA) is 39.3 Å². The van der Waals surface area contributed by atoms with Crippen LogP contribution in [0.3, 0.4) is 0 Å². The normalized spacial score (nSPS) is 27.8. The van der Waals surface area contributed by atoms with Crippen molar-refractivity contribution in [2.75, 3.05) is 26.7 Å². The first-order valence-electron chi connectivity index (χ1n) is 11.8. The average molecular weight is 409 g/mol. The van der Waals surface area contributed by atoms with E-state index in [9.17, 15) is 4.79 Å². The fraction of sp³-hybridized carbons (Fsp3) is 0.450. The van der Waals surface area contributed by atoms with Crippen molar-refractivity contribution in [1.29, 1.82) is 0 Å². The summed E-state index contributed by atoms with van der Waals surface area (Å²) >= 11 is 3.57. The third-order valence-corrected chi connectivity index (χ3v) is 5.95. The van der Waals surface area contributed by atoms with E-state index in [2.05, 4.69) is 25.8 Å². The van der Waals surface area contributed by atoms with Gasteiger partial charge < -0.3 is 9.88 Å². The maximum Gasteiger partial charge on any atom is 0.230 e. The number of fused-ring (bicyclic) bond motifs is 2. The van der Waals surface area contributed by atoms with E-state index in [1.54, 1.807) is 6.07 Å². The number of amides is 1. The van der Waals surface area contributed by atoms with E-state index in [-0.39, 0.29) is 6.04 Å². The van der Waals surface area contributed by atoms with Crippen molar-refractivity contribution >= 4 is 38.3 Å². The molecule has 132 valence electrons. The Morgan fingerprint density at radius 2 is 2.32 bits per heavy atom. The molecule has 0 radical (unpaired) electrons. The second-order valence-electron chi connectivity index (χ2n) is 6.64. The van der Waals surface area contributed by atoms with Crippen molar-refractivity contribution < 1.29 is 14.4 Å². The highest BCUT2D eigenvalue weighted by molar-refractivity contribution is 9.10. The van der Waals surface area contributed by atoms with Gasteiger partial charge in [0.05, 0.1) is 11.9 Å². The zero-order chi connectivity index (χ0) is 23.6. The van der Waals surface area contributed by atoms with Crippen LogP contribution in [0.25, 0.3) is 16.5 Å². The first-order valence-corrected chi connectivity index (χ1v) is 9.05. The number of carbonyl (C=O) groups is 1. The van der Waals surface area contributed by atoms with Gasteiger partial charge in [0.2, 0.25) is 5.91 Å². The molecule has 2 atom stereocenters. The number of aromatic nitrogens is 1. The molecule has 4 nitrogen and oxygen atoms in total. The molecule has 0 bridgehead atoms. The molecule has 0 spiro atoms. The predicted octanol–water partition coefficient (Wildman–Crippen LogP) is 3.67. The fourth-order valence-corrected chi connectivity index (χ4v) is 4.58. The molecule has 25 heavy (non-hydrogen) atoms. The van der Waals surface area contributed by atoms with Gasteiger partial charge >= 0.3 is 0 Å². The smallest absolute Gasteiger partial charge is 0.230 e. The Morgan fingerprint density at radius 3 is 3.08 bits per heavy atom. The Kier molecular flexibility index (Phi) is 2.65. The summed E-state index contributed by atoms with van der Waals surface area (Å²) in [5.41, 5.74) is 3.70. The van der Waals surface area contributed by atoms with Crippen molar-refractivity contribution in [2.45, 2.75) is 26.2 Å². The molecule has 0 saturated carbocycles. The van der Waals surface area contributed by atoms with Crippen molar-refractivity contribution in [2.24, 2.45) is 5.92 Å². The van der Waals surface area contributed by atoms with E-state index in [1.807, 2.05) is 19.2 Å². The summed E-state index contributed by atoms with van der Waals surface area (Å²) in [7, 11) is 1.91. The van der Waals surface area contributed by atoms with E-state index < -0.39 is 38.6 Å². The third-order valence-electron chi connectivity index (χ3n) is 5.27. The molecule has 0 fully saturated rings. The lowest BCUT2D eigenvalue weighted by Gasteiger charge is -2.40. The van der Waals surface area contributed by atoms with Crippen LogP contribution in [0.4, 0.5) is 0 Å². The molecule has 4 rings (SSSR count). The maximum atomic E-state index is 13.3. The van der Waals surface area contributed by atoms with Gasteiger partial charge in [-0.25, -0.2) is 0 Å². The highest BCUT2D eigenvalue weighted by Gasteiger charge is 2.37. The lowest BCUT2D eigenvalue weighted by molar-refractivity contribution is -0.134. The van der Waals surface area contributed by atoms with Gasteiger partial charge in [0.15, 0.2) is 0 Å². The van der Waals surface area contributed by atoms with Gasteiger partial charge in [0.25, 0.3) is 0 Å². The Morgan fingerprint density at radius 1 is 1.52 bits per heavy atom. The Labute approximate surface area is 166 Å². The number of carbonyl (C=O) groups excluding carboxylic acids is 1. The molecule has 5 heteroatoms. The molecular weight excluding hydrogens is 378 g/mol. The standard InChI is InChI=1S/C20H24BrN3O/c1-4-24(5-2)20(25)12-9-14-13-7-6-8-16-18(13)15(19(21)22-16)10-17(14)23(3)11-12/h6-9,12,17,22H,4-5,10-11H2,1-3H3/t12-,17-/m1/s1/i1D3,2D3,8D. The van der Waals surface area contributed by atoms with Crippen LogP contribution in [0.5, 0.6) is 0 Å². The predicted molar refractivity (Wildman–Crippen MR) is 106 cm³/mol. The number of nitrogens with zero attached hydrogens (tertiary/aromatic N) is 2. The summed E-state index contributed by atoms with van der Waals surface area (Å²) in [6.07, 6.45) is 2.57. The Bertz CT molecular complexity index is 1090. The van der Waals surface area contributed by atoms with E-state index in [0.29, 0.717) is 19.0 Å². The monoisotopic (exact) mass is 408 g/mol. The molecule has 2 heterocycles. The summed E-state index contributed by atoms with van der Waals surface area (Å²) in [6.45, 7) is -5.76. The number of likely N-dealkylation sites (N-methyl/N-ethyl adjacent to an activating group) is 1. The molecular formula is C20H24BrN3O. The Hall–Kier alpha value is -1.59. The lowest BCUT2D eigenvalue weighted by Crippen LogP contribution is -2.47. The number of halogens is 1. The zero-order valence-corrected chi connectivity index (χ0v) is 15.5. The minimum absolute atomic E-state index is 0.0251. The van der Waals surface area contributed by atoms with Crippen LogP contribution in [0.15, 0.2) is 28.9 Å². The number of rotatable bonds is 3. The highest BCUT2D eigenvalue weighted by atomic mass is 79.9. The molecule has 1 N–H and O–H groups in total. The SMILES string of the molecule is [2H]c1ccc2c3c(c(Br)[nH]c13)C[C@@H]1C2=C[C@@H](C(=O)N(CC([2H])([2H])[2H])CC([2H])([2H])[2H])CN1C. The van der Waals surface area contributed by atoms with Crippen LogP contribution in [-0.4, -0.2) is 53.4 Å². The number of nitrogens with one attached hydrogen (secondary N) is 1. The van der Waals surface area contributed by atoms with Crippen LogP contribution in [0.1, 0.15) is 34.4 Å². The van der Waals surface area contributed by atoms with Crippen molar-refractivity contribution in [1.82, 2.24) is 14.8 Å². The second-order valence-corrected chi connectivity index (χ2v) is 7.43. The molecule has 2 aromatic rings. The average Bonchev–Trinajstić information content (AvgIpc) is 2.99. The molecule has 1 aromatic heterocycles. The molecule has 2 aliphatic rings. The second kappa shape index (κ2) is 6.29. The fourth-order valence-electron chi connectivity index (χ4n) is 4.02. The van der Waals surface area contributed by atoms with Crippen molar-refractivity contribution in [3.8, 4) is 0 Å². The Balaban J connectivity index is 1.75.